The molecule has 124 valence electrons. The first-order chi connectivity index (χ1) is 12.1. The van der Waals surface area contributed by atoms with Crippen molar-refractivity contribution < 1.29 is 18.4 Å². The van der Waals surface area contributed by atoms with Gasteiger partial charge in [-0.05, 0) is 37.3 Å². The lowest BCUT2D eigenvalue weighted by Gasteiger charge is -2.06. The molecular weight excluding hydrogens is 324 g/mol. The molecule has 0 N–H and O–H groups in total. The molecule has 4 rings (SSSR count). The predicted molar refractivity (Wildman–Crippen MR) is 92.0 cm³/mol. The molecule has 0 radical (unpaired) electrons. The Bertz CT molecular complexity index is 1260. The Balaban J connectivity index is 2.16. The molecule has 0 spiro atoms. The smallest absolute Gasteiger partial charge is 0.351 e. The first kappa shape index (κ1) is 15.1. The zero-order valence-electron chi connectivity index (χ0n) is 13.2. The Morgan fingerprint density at radius 1 is 0.960 bits per heavy atom. The van der Waals surface area contributed by atoms with Crippen LogP contribution in [0.3, 0.4) is 0 Å². The van der Waals surface area contributed by atoms with Crippen LogP contribution in [0.4, 0.5) is 0 Å². The topological polar surface area (TPSA) is 86.7 Å². The maximum atomic E-state index is 12.9. The molecule has 25 heavy (non-hydrogen) atoms. The fraction of sp³-hybridized carbons (Fsp3) is 0.105. The Hall–Kier alpha value is -3.41. The van der Waals surface area contributed by atoms with Gasteiger partial charge in [0.15, 0.2) is 0 Å². The maximum Gasteiger partial charge on any atom is 0.351 e. The SMILES string of the molecule is CCOC(=O)c1cc2c(ccc3oc4ccccc4c(=O)c32)oc1=O. The standard InChI is InChI=1S/C19H12O6/c1-2-23-18(21)12-9-11-14(25-19(12)22)7-8-15-16(11)17(20)10-5-3-4-6-13(10)24-15/h3-9H,2H2,1H3. The Labute approximate surface area is 140 Å². The average Bonchev–Trinajstić information content (AvgIpc) is 2.61. The fourth-order valence-electron chi connectivity index (χ4n) is 2.84. The summed E-state index contributed by atoms with van der Waals surface area (Å²) in [6.45, 7) is 1.76. The lowest BCUT2D eigenvalue weighted by Crippen LogP contribution is -2.16. The van der Waals surface area contributed by atoms with Gasteiger partial charge in [-0.15, -0.1) is 0 Å². The van der Waals surface area contributed by atoms with Crippen LogP contribution in [-0.2, 0) is 4.74 Å². The van der Waals surface area contributed by atoms with E-state index < -0.39 is 11.6 Å². The molecule has 6 nitrogen and oxygen atoms in total. The molecule has 0 fully saturated rings. The van der Waals surface area contributed by atoms with Gasteiger partial charge in [0.1, 0.15) is 22.3 Å². The number of carbonyl (C=O) groups excluding carboxylic acids is 1. The first-order valence-corrected chi connectivity index (χ1v) is 7.69. The zero-order valence-corrected chi connectivity index (χ0v) is 13.2. The first-order valence-electron chi connectivity index (χ1n) is 7.69. The van der Waals surface area contributed by atoms with Crippen molar-refractivity contribution in [3.8, 4) is 0 Å². The Kier molecular flexibility index (Phi) is 3.39. The van der Waals surface area contributed by atoms with E-state index in [-0.39, 0.29) is 28.6 Å². The van der Waals surface area contributed by atoms with Crippen LogP contribution in [0.25, 0.3) is 32.9 Å². The molecule has 0 bridgehead atoms. The van der Waals surface area contributed by atoms with Crippen LogP contribution in [-0.4, -0.2) is 12.6 Å². The fourth-order valence-corrected chi connectivity index (χ4v) is 2.84. The largest absolute Gasteiger partial charge is 0.462 e. The Morgan fingerprint density at radius 3 is 2.48 bits per heavy atom. The van der Waals surface area contributed by atoms with Gasteiger partial charge in [0.25, 0.3) is 0 Å². The summed E-state index contributed by atoms with van der Waals surface area (Å²) < 4.78 is 15.8. The second-order valence-electron chi connectivity index (χ2n) is 5.45. The predicted octanol–water partition coefficient (Wildman–Crippen LogP) is 3.23. The van der Waals surface area contributed by atoms with Crippen molar-refractivity contribution in [2.24, 2.45) is 0 Å². The second-order valence-corrected chi connectivity index (χ2v) is 5.45. The maximum absolute atomic E-state index is 12.9. The molecule has 2 aromatic carbocycles. The molecule has 2 heterocycles. The lowest BCUT2D eigenvalue weighted by atomic mass is 10.1. The summed E-state index contributed by atoms with van der Waals surface area (Å²) >= 11 is 0. The van der Waals surface area contributed by atoms with Crippen molar-refractivity contribution in [3.63, 3.8) is 0 Å². The highest BCUT2D eigenvalue weighted by molar-refractivity contribution is 6.08. The van der Waals surface area contributed by atoms with Gasteiger partial charge in [0, 0.05) is 5.39 Å². The normalized spacial score (nSPS) is 11.2. The minimum absolute atomic E-state index is 0.124. The summed E-state index contributed by atoms with van der Waals surface area (Å²) in [6, 6.07) is 11.3. The van der Waals surface area contributed by atoms with Crippen molar-refractivity contribution in [1.29, 1.82) is 0 Å². The van der Waals surface area contributed by atoms with Crippen molar-refractivity contribution in [3.05, 3.63) is 68.7 Å². The number of para-hydroxylation sites is 1. The highest BCUT2D eigenvalue weighted by Gasteiger charge is 2.18. The van der Waals surface area contributed by atoms with Gasteiger partial charge >= 0.3 is 11.6 Å². The van der Waals surface area contributed by atoms with Gasteiger partial charge in [0.2, 0.25) is 5.43 Å². The summed E-state index contributed by atoms with van der Waals surface area (Å²) in [5.74, 6) is -0.791. The van der Waals surface area contributed by atoms with E-state index in [1.807, 2.05) is 0 Å². The molecule has 0 aliphatic heterocycles. The number of fused-ring (bicyclic) bond motifs is 4. The molecule has 6 heteroatoms. The molecule has 0 saturated carbocycles. The van der Waals surface area contributed by atoms with Crippen LogP contribution in [0, 0.1) is 0 Å². The molecule has 0 amide bonds. The number of rotatable bonds is 2. The zero-order chi connectivity index (χ0) is 17.6. The van der Waals surface area contributed by atoms with Crippen LogP contribution in [0.1, 0.15) is 17.3 Å². The third kappa shape index (κ3) is 2.30. The van der Waals surface area contributed by atoms with Gasteiger partial charge in [-0.25, -0.2) is 9.59 Å². The van der Waals surface area contributed by atoms with Crippen molar-refractivity contribution >= 4 is 38.9 Å². The highest BCUT2D eigenvalue weighted by Crippen LogP contribution is 2.26. The average molecular weight is 336 g/mol. The van der Waals surface area contributed by atoms with Gasteiger partial charge < -0.3 is 13.6 Å². The summed E-state index contributed by atoms with van der Waals surface area (Å²) in [7, 11) is 0. The van der Waals surface area contributed by atoms with Gasteiger partial charge in [-0.3, -0.25) is 4.79 Å². The van der Waals surface area contributed by atoms with E-state index in [1.165, 1.54) is 12.1 Å². The van der Waals surface area contributed by atoms with E-state index >= 15 is 0 Å². The molecule has 0 saturated heterocycles. The minimum atomic E-state index is -0.810. The summed E-state index contributed by atoms with van der Waals surface area (Å²) in [5, 5.41) is 0.997. The monoisotopic (exact) mass is 336 g/mol. The third-order valence-corrected chi connectivity index (χ3v) is 3.95. The van der Waals surface area contributed by atoms with Crippen LogP contribution in [0.15, 0.2) is 60.9 Å². The highest BCUT2D eigenvalue weighted by atomic mass is 16.5. The van der Waals surface area contributed by atoms with E-state index in [1.54, 1.807) is 37.3 Å². The van der Waals surface area contributed by atoms with Gasteiger partial charge in [-0.1, -0.05) is 12.1 Å². The van der Waals surface area contributed by atoms with Crippen LogP contribution in [0.5, 0.6) is 0 Å². The lowest BCUT2D eigenvalue weighted by molar-refractivity contribution is 0.0522. The molecule has 0 aliphatic carbocycles. The van der Waals surface area contributed by atoms with Gasteiger partial charge in [-0.2, -0.15) is 0 Å². The number of hydrogen-bond acceptors (Lipinski definition) is 6. The number of benzene rings is 2. The molecule has 0 unspecified atom stereocenters. The molecule has 2 aromatic heterocycles. The molecule has 4 aromatic rings. The van der Waals surface area contributed by atoms with E-state index in [9.17, 15) is 14.4 Å². The van der Waals surface area contributed by atoms with Crippen LogP contribution >= 0.6 is 0 Å². The van der Waals surface area contributed by atoms with Crippen molar-refractivity contribution in [2.75, 3.05) is 6.61 Å². The molecule has 0 aliphatic rings. The van der Waals surface area contributed by atoms with E-state index in [0.717, 1.165) is 0 Å². The quantitative estimate of drug-likeness (QED) is 0.242. The minimum Gasteiger partial charge on any atom is -0.462 e. The number of esters is 1. The molecular formula is C19H12O6. The van der Waals surface area contributed by atoms with Gasteiger partial charge in [0.05, 0.1) is 17.4 Å². The second kappa shape index (κ2) is 5.59. The van der Waals surface area contributed by atoms with Crippen LogP contribution < -0.4 is 11.1 Å². The van der Waals surface area contributed by atoms with Crippen molar-refractivity contribution in [2.45, 2.75) is 6.92 Å². The Morgan fingerprint density at radius 2 is 1.68 bits per heavy atom. The third-order valence-electron chi connectivity index (χ3n) is 3.95. The summed E-state index contributed by atoms with van der Waals surface area (Å²) in [5.41, 5.74) is -0.314. The summed E-state index contributed by atoms with van der Waals surface area (Å²) in [6.07, 6.45) is 0. The van der Waals surface area contributed by atoms with E-state index in [4.69, 9.17) is 13.6 Å². The van der Waals surface area contributed by atoms with E-state index in [2.05, 4.69) is 0 Å². The number of carbonyl (C=O) groups is 1. The number of ether oxygens (including phenoxy) is 1. The molecule has 0 atom stereocenters. The summed E-state index contributed by atoms with van der Waals surface area (Å²) in [4.78, 5) is 36.9. The van der Waals surface area contributed by atoms with Crippen LogP contribution in [0.2, 0.25) is 0 Å². The number of hydrogen-bond donors (Lipinski definition) is 0. The van der Waals surface area contributed by atoms with E-state index in [0.29, 0.717) is 21.9 Å². The van der Waals surface area contributed by atoms with Crippen molar-refractivity contribution in [1.82, 2.24) is 0 Å².